The fraction of sp³-hybridized carbons (Fsp3) is 0.632. The van der Waals surface area contributed by atoms with Gasteiger partial charge in [-0.3, -0.25) is 0 Å². The first kappa shape index (κ1) is 18.6. The molecule has 5 heteroatoms. The number of nitrogens with zero attached hydrogens (tertiary/aromatic N) is 1. The Labute approximate surface area is 145 Å². The number of ether oxygens (including phenoxy) is 2. The number of aliphatic hydroxyl groups is 1. The first-order chi connectivity index (χ1) is 11.6. The van der Waals surface area contributed by atoms with Crippen LogP contribution in [0.4, 0.5) is 5.69 Å². The van der Waals surface area contributed by atoms with Gasteiger partial charge in [-0.05, 0) is 46.3 Å². The van der Waals surface area contributed by atoms with Crippen molar-refractivity contribution in [2.24, 2.45) is 5.92 Å². The molecule has 1 aromatic carbocycles. The Hall–Kier alpha value is -1.75. The Morgan fingerprint density at radius 3 is 2.71 bits per heavy atom. The summed E-state index contributed by atoms with van der Waals surface area (Å²) < 4.78 is 11.5. The summed E-state index contributed by atoms with van der Waals surface area (Å²) in [6.45, 7) is 3.50. The van der Waals surface area contributed by atoms with Crippen LogP contribution in [-0.2, 0) is 4.74 Å². The fourth-order valence-electron chi connectivity index (χ4n) is 3.32. The first-order valence-electron chi connectivity index (χ1n) is 8.96. The maximum Gasteiger partial charge on any atom is 0.551 e. The normalized spacial score (nSPS) is 22.2. The van der Waals surface area contributed by atoms with Gasteiger partial charge in [-0.25, -0.2) is 0 Å². The van der Waals surface area contributed by atoms with Gasteiger partial charge in [0, 0.05) is 18.5 Å². The van der Waals surface area contributed by atoms with Crippen LogP contribution in [0.5, 0.6) is 5.75 Å². The van der Waals surface area contributed by atoms with Crippen LogP contribution >= 0.6 is 0 Å². The van der Waals surface area contributed by atoms with Gasteiger partial charge >= 0.3 is 6.08 Å². The second kappa shape index (κ2) is 9.52. The third-order valence-corrected chi connectivity index (χ3v) is 4.38. The van der Waals surface area contributed by atoms with Crippen LogP contribution in [0.1, 0.15) is 39.0 Å². The van der Waals surface area contributed by atoms with Crippen molar-refractivity contribution in [2.45, 2.75) is 45.1 Å². The highest BCUT2D eigenvalue weighted by molar-refractivity contribution is 5.60. The van der Waals surface area contributed by atoms with Crippen molar-refractivity contribution in [1.82, 2.24) is 4.90 Å². The standard InChI is InChI=1S/C19H30N2O3/c1-4-23-18-13-9-8-11-16(18)20-19(22)24-17-12-7-5-6-10-15(17)14-21(2)3/h8-9,11,13,15,17H,4-7,10,12,14H2,1-3H3,(H,20,22)/p+1/t15-,17+/m1/s1. The molecule has 0 spiro atoms. The zero-order valence-corrected chi connectivity index (χ0v) is 15.1. The Morgan fingerprint density at radius 2 is 1.96 bits per heavy atom. The van der Waals surface area contributed by atoms with E-state index in [2.05, 4.69) is 24.0 Å². The molecule has 0 bridgehead atoms. The zero-order valence-electron chi connectivity index (χ0n) is 15.1. The smallest absolute Gasteiger partial charge is 0.487 e. The molecule has 134 valence electrons. The summed E-state index contributed by atoms with van der Waals surface area (Å²) >= 11 is 0. The van der Waals surface area contributed by atoms with Crippen molar-refractivity contribution in [3.05, 3.63) is 24.3 Å². The Bertz CT molecular complexity index is 531. The van der Waals surface area contributed by atoms with Crippen molar-refractivity contribution in [3.63, 3.8) is 0 Å². The molecule has 2 rings (SSSR count). The maximum atomic E-state index is 10.3. The largest absolute Gasteiger partial charge is 0.551 e. The van der Waals surface area contributed by atoms with Gasteiger partial charge in [-0.2, -0.15) is 0 Å². The highest BCUT2D eigenvalue weighted by Crippen LogP contribution is 2.26. The van der Waals surface area contributed by atoms with Gasteiger partial charge in [0.2, 0.25) is 0 Å². The van der Waals surface area contributed by atoms with Crippen LogP contribution in [0.2, 0.25) is 0 Å². The van der Waals surface area contributed by atoms with Gasteiger partial charge in [0.1, 0.15) is 6.10 Å². The van der Waals surface area contributed by atoms with E-state index in [1.54, 1.807) is 0 Å². The Morgan fingerprint density at radius 1 is 1.21 bits per heavy atom. The molecule has 0 saturated heterocycles. The summed E-state index contributed by atoms with van der Waals surface area (Å²) in [5, 5.41) is 10.3. The molecule has 1 saturated carbocycles. The van der Waals surface area contributed by atoms with Gasteiger partial charge in [0.15, 0.2) is 5.75 Å². The lowest BCUT2D eigenvalue weighted by molar-refractivity contribution is -0.385. The van der Waals surface area contributed by atoms with Gasteiger partial charge in [0.25, 0.3) is 5.69 Å². The van der Waals surface area contributed by atoms with E-state index in [0.29, 0.717) is 18.3 Å². The van der Waals surface area contributed by atoms with Crippen molar-refractivity contribution < 1.29 is 19.6 Å². The lowest BCUT2D eigenvalue weighted by Crippen LogP contribution is -2.68. The summed E-state index contributed by atoms with van der Waals surface area (Å²) in [7, 11) is 4.17. The molecule has 0 radical (unpaired) electrons. The molecule has 24 heavy (non-hydrogen) atoms. The van der Waals surface area contributed by atoms with Gasteiger partial charge in [-0.1, -0.05) is 25.0 Å². The van der Waals surface area contributed by atoms with Crippen LogP contribution in [0.15, 0.2) is 24.3 Å². The summed E-state index contributed by atoms with van der Waals surface area (Å²) in [5.41, 5.74) is 0.717. The van der Waals surface area contributed by atoms with Gasteiger partial charge in [-0.15, -0.1) is 4.99 Å². The van der Waals surface area contributed by atoms with E-state index in [-0.39, 0.29) is 12.2 Å². The molecule has 1 aromatic rings. The van der Waals surface area contributed by atoms with E-state index in [0.717, 1.165) is 31.5 Å². The average Bonchev–Trinajstić information content (AvgIpc) is 2.74. The van der Waals surface area contributed by atoms with Crippen LogP contribution < -0.4 is 9.73 Å². The lowest BCUT2D eigenvalue weighted by Gasteiger charge is -2.26. The first-order valence-corrected chi connectivity index (χ1v) is 8.96. The number of benzene rings is 1. The van der Waals surface area contributed by atoms with Crippen LogP contribution in [-0.4, -0.2) is 49.4 Å². The molecule has 0 heterocycles. The molecule has 0 amide bonds. The number of hydrogen-bond acceptors (Lipinski definition) is 3. The van der Waals surface area contributed by atoms with E-state index in [4.69, 9.17) is 9.47 Å². The SMILES string of the molecule is CCOc1ccccc1[NH+]=C(O)O[C@H]1CCCCC[C@@H]1CN(C)C. The average molecular weight is 335 g/mol. The summed E-state index contributed by atoms with van der Waals surface area (Å²) in [6.07, 6.45) is 5.66. The Kier molecular flexibility index (Phi) is 7.37. The molecule has 0 unspecified atom stereocenters. The summed E-state index contributed by atoms with van der Waals surface area (Å²) in [6, 6.07) is 7.56. The summed E-state index contributed by atoms with van der Waals surface area (Å²) in [4.78, 5) is 5.14. The lowest BCUT2D eigenvalue weighted by atomic mass is 9.97. The molecular formula is C19H31N2O3+. The molecule has 2 N–H and O–H groups in total. The number of hydrogen-bond donors (Lipinski definition) is 2. The molecule has 5 nitrogen and oxygen atoms in total. The Balaban J connectivity index is 2.09. The minimum Gasteiger partial charge on any atom is -0.487 e. The predicted molar refractivity (Wildman–Crippen MR) is 95.9 cm³/mol. The van der Waals surface area contributed by atoms with E-state index in [1.807, 2.05) is 31.2 Å². The third kappa shape index (κ3) is 5.71. The minimum atomic E-state index is -0.141. The van der Waals surface area contributed by atoms with E-state index < -0.39 is 0 Å². The second-order valence-corrected chi connectivity index (χ2v) is 6.68. The molecule has 0 aliphatic heterocycles. The van der Waals surface area contributed by atoms with Crippen LogP contribution in [0.3, 0.4) is 0 Å². The number of nitrogens with one attached hydrogen (secondary N) is 1. The van der Waals surface area contributed by atoms with Gasteiger partial charge < -0.3 is 19.5 Å². The topological polar surface area (TPSA) is 55.9 Å². The van der Waals surface area contributed by atoms with Crippen molar-refractivity contribution in [1.29, 1.82) is 0 Å². The van der Waals surface area contributed by atoms with Crippen molar-refractivity contribution in [2.75, 3.05) is 27.2 Å². The van der Waals surface area contributed by atoms with E-state index in [9.17, 15) is 5.11 Å². The molecular weight excluding hydrogens is 304 g/mol. The second-order valence-electron chi connectivity index (χ2n) is 6.68. The van der Waals surface area contributed by atoms with Gasteiger partial charge in [0.05, 0.1) is 6.61 Å². The molecule has 1 aliphatic rings. The van der Waals surface area contributed by atoms with Crippen LogP contribution in [0.25, 0.3) is 0 Å². The highest BCUT2D eigenvalue weighted by Gasteiger charge is 2.28. The molecule has 1 aliphatic carbocycles. The minimum absolute atomic E-state index is 0.0432. The fourth-order valence-corrected chi connectivity index (χ4v) is 3.32. The molecule has 0 aromatic heterocycles. The number of aliphatic hydroxyl groups excluding tert-OH is 1. The summed E-state index contributed by atoms with van der Waals surface area (Å²) in [5.74, 6) is 1.15. The number of para-hydroxylation sites is 2. The highest BCUT2D eigenvalue weighted by atomic mass is 16.6. The predicted octanol–water partition coefficient (Wildman–Crippen LogP) is 2.24. The monoisotopic (exact) mass is 335 g/mol. The van der Waals surface area contributed by atoms with Crippen LogP contribution in [0, 0.1) is 5.92 Å². The molecule has 2 atom stereocenters. The maximum absolute atomic E-state index is 10.3. The van der Waals surface area contributed by atoms with Crippen molar-refractivity contribution in [3.8, 4) is 5.75 Å². The quantitative estimate of drug-likeness (QED) is 0.476. The zero-order chi connectivity index (χ0) is 17.4. The third-order valence-electron chi connectivity index (χ3n) is 4.38. The molecule has 1 fully saturated rings. The van der Waals surface area contributed by atoms with Crippen molar-refractivity contribution >= 4 is 11.8 Å². The number of rotatable bonds is 6. The van der Waals surface area contributed by atoms with E-state index >= 15 is 0 Å². The van der Waals surface area contributed by atoms with E-state index in [1.165, 1.54) is 12.8 Å².